The Balaban J connectivity index is 0. The lowest BCUT2D eigenvalue weighted by Gasteiger charge is -1.69. The highest BCUT2D eigenvalue weighted by Gasteiger charge is 1.78. The molecule has 0 radical (unpaired) electrons. The first kappa shape index (κ1) is 9.93. The van der Waals surface area contributed by atoms with Crippen LogP contribution in [0.5, 0.6) is 0 Å². The summed E-state index contributed by atoms with van der Waals surface area (Å²) in [6, 6.07) is 0. The number of alkyl halides is 4. The summed E-state index contributed by atoms with van der Waals surface area (Å²) < 4.78 is 8.75. The van der Waals surface area contributed by atoms with E-state index < -0.39 is 4.30 Å². The molecule has 0 bridgehead atoms. The van der Waals surface area contributed by atoms with Gasteiger partial charge in [0.1, 0.15) is 0 Å². The number of hydrogen-bond acceptors (Lipinski definition) is 0. The predicted molar refractivity (Wildman–Crippen MR) is 28.4 cm³/mol. The first-order valence-electron chi connectivity index (χ1n) is 1.03. The highest BCUT2D eigenvalue weighted by Crippen LogP contribution is 2.03. The second-order valence-electron chi connectivity index (χ2n) is 0.247. The Bertz CT molecular complexity index is 13.5. The monoisotopic (exact) mass is 152 g/mol. The number of hydrogen-bond donors (Lipinski definition) is 0. The van der Waals surface area contributed by atoms with Gasteiger partial charge < -0.3 is 0 Å². The molecule has 0 unspecified atom stereocenters. The van der Waals surface area contributed by atoms with Crippen LogP contribution in [0.1, 0.15) is 0 Å². The lowest BCUT2D eigenvalue weighted by Crippen LogP contribution is -1.55. The van der Waals surface area contributed by atoms with Gasteiger partial charge in [0.15, 0.2) is 4.30 Å². The fourth-order valence-electron chi connectivity index (χ4n) is 0. The minimum absolute atomic E-state index is 0.500. The first-order valence-corrected chi connectivity index (χ1v) is 2.34. The lowest BCUT2D eigenvalue weighted by molar-refractivity contribution is 0.636. The van der Waals surface area contributed by atoms with E-state index in [1.807, 2.05) is 0 Å². The van der Waals surface area contributed by atoms with Gasteiger partial charge in [0.05, 0.1) is 7.18 Å². The van der Waals surface area contributed by atoms with E-state index in [0.29, 0.717) is 7.18 Å². The Labute approximate surface area is 51.2 Å². The van der Waals surface area contributed by atoms with Gasteiger partial charge in [-0.1, -0.05) is 34.8 Å². The molecule has 0 spiro atoms. The van der Waals surface area contributed by atoms with E-state index in [0.717, 1.165) is 0 Å². The molecule has 0 aliphatic carbocycles. The molecule has 4 heteroatoms. The summed E-state index contributed by atoms with van der Waals surface area (Å²) in [5, 5.41) is 0. The summed E-state index contributed by atoms with van der Waals surface area (Å²) in [4.78, 5) is 0. The van der Waals surface area contributed by atoms with Gasteiger partial charge in [-0.2, -0.15) is 0 Å². The maximum absolute atomic E-state index is 9.50. The SMILES string of the molecule is CF.ClC(Cl)Cl. The third-order valence-corrected chi connectivity index (χ3v) is 0. The van der Waals surface area contributed by atoms with E-state index in [1.54, 1.807) is 0 Å². The summed E-state index contributed by atoms with van der Waals surface area (Å²) in [5.41, 5.74) is 0. The van der Waals surface area contributed by atoms with Gasteiger partial charge in [0.2, 0.25) is 0 Å². The van der Waals surface area contributed by atoms with Crippen LogP contribution in [-0.2, 0) is 0 Å². The molecule has 0 aromatic rings. The van der Waals surface area contributed by atoms with Crippen LogP contribution in [0.2, 0.25) is 0 Å². The number of rotatable bonds is 0. The van der Waals surface area contributed by atoms with E-state index in [-0.39, 0.29) is 0 Å². The summed E-state index contributed by atoms with van der Waals surface area (Å²) in [6.07, 6.45) is 0. The highest BCUT2D eigenvalue weighted by atomic mass is 35.6. The van der Waals surface area contributed by atoms with Crippen LogP contribution in [0.15, 0.2) is 0 Å². The zero-order chi connectivity index (χ0) is 5.58. The van der Waals surface area contributed by atoms with Crippen LogP contribution in [0, 0.1) is 0 Å². The van der Waals surface area contributed by atoms with Crippen LogP contribution in [0.25, 0.3) is 0 Å². The Morgan fingerprint density at radius 1 is 1.17 bits per heavy atom. The minimum atomic E-state index is -0.750. The van der Waals surface area contributed by atoms with Gasteiger partial charge in [-0.25, -0.2) is 0 Å². The zero-order valence-corrected chi connectivity index (χ0v) is 5.36. The molecular formula is C2H4Cl3F. The van der Waals surface area contributed by atoms with Gasteiger partial charge in [0.25, 0.3) is 0 Å². The molecule has 0 saturated heterocycles. The molecule has 0 aliphatic heterocycles. The van der Waals surface area contributed by atoms with Crippen LogP contribution >= 0.6 is 34.8 Å². The Kier molecular flexibility index (Phi) is 15.3. The van der Waals surface area contributed by atoms with Crippen LogP contribution in [0.3, 0.4) is 0 Å². The average Bonchev–Trinajstić information content (AvgIpc) is 1.41. The van der Waals surface area contributed by atoms with Crippen LogP contribution in [0.4, 0.5) is 4.39 Å². The van der Waals surface area contributed by atoms with Crippen LogP contribution in [-0.4, -0.2) is 11.5 Å². The standard InChI is InChI=1S/CHCl3.CH3F/c2-1(3)4;1-2/h1H;1H3. The van der Waals surface area contributed by atoms with E-state index in [1.165, 1.54) is 0 Å². The molecule has 0 atom stereocenters. The van der Waals surface area contributed by atoms with Crippen molar-refractivity contribution in [2.24, 2.45) is 0 Å². The minimum Gasteiger partial charge on any atom is -0.255 e. The van der Waals surface area contributed by atoms with Crippen molar-refractivity contribution in [1.82, 2.24) is 0 Å². The van der Waals surface area contributed by atoms with Crippen molar-refractivity contribution in [3.05, 3.63) is 0 Å². The number of halogens is 4. The molecule has 0 aromatic heterocycles. The fourth-order valence-corrected chi connectivity index (χ4v) is 0. The van der Waals surface area contributed by atoms with Crippen molar-refractivity contribution in [2.75, 3.05) is 7.18 Å². The molecule has 0 N–H and O–H groups in total. The lowest BCUT2D eigenvalue weighted by atomic mass is 11.9. The van der Waals surface area contributed by atoms with Gasteiger partial charge >= 0.3 is 0 Å². The highest BCUT2D eigenvalue weighted by molar-refractivity contribution is 6.63. The van der Waals surface area contributed by atoms with Gasteiger partial charge in [-0.15, -0.1) is 0 Å². The second-order valence-corrected chi connectivity index (χ2v) is 2.23. The molecular weight excluding hydrogens is 149 g/mol. The summed E-state index contributed by atoms with van der Waals surface area (Å²) in [6.45, 7) is 0. The maximum atomic E-state index is 9.50. The average molecular weight is 153 g/mol. The normalized spacial score (nSPS) is 7.00. The van der Waals surface area contributed by atoms with Crippen molar-refractivity contribution < 1.29 is 4.39 Å². The fraction of sp³-hybridized carbons (Fsp3) is 1.00. The van der Waals surface area contributed by atoms with Gasteiger partial charge in [-0.3, -0.25) is 4.39 Å². The van der Waals surface area contributed by atoms with Crippen molar-refractivity contribution in [3.63, 3.8) is 0 Å². The smallest absolute Gasteiger partial charge is 0.180 e. The van der Waals surface area contributed by atoms with Crippen molar-refractivity contribution in [1.29, 1.82) is 0 Å². The molecule has 6 heavy (non-hydrogen) atoms. The van der Waals surface area contributed by atoms with E-state index >= 15 is 0 Å². The molecule has 0 aliphatic rings. The quantitative estimate of drug-likeness (QED) is 0.469. The summed E-state index contributed by atoms with van der Waals surface area (Å²) in [7, 11) is 0.500. The maximum Gasteiger partial charge on any atom is 0.180 e. The van der Waals surface area contributed by atoms with E-state index in [4.69, 9.17) is 34.8 Å². The Hall–Kier alpha value is 0.800. The van der Waals surface area contributed by atoms with Gasteiger partial charge in [0, 0.05) is 0 Å². The molecule has 40 valence electrons. The van der Waals surface area contributed by atoms with Crippen molar-refractivity contribution >= 4 is 34.8 Å². The Morgan fingerprint density at radius 3 is 1.17 bits per heavy atom. The summed E-state index contributed by atoms with van der Waals surface area (Å²) >= 11 is 14.4. The van der Waals surface area contributed by atoms with Crippen LogP contribution < -0.4 is 0 Å². The molecule has 0 amide bonds. The molecule has 0 heterocycles. The van der Waals surface area contributed by atoms with E-state index in [9.17, 15) is 4.39 Å². The molecule has 0 rings (SSSR count). The molecule has 0 aromatic carbocycles. The van der Waals surface area contributed by atoms with Gasteiger partial charge in [-0.05, 0) is 0 Å². The zero-order valence-electron chi connectivity index (χ0n) is 3.09. The largest absolute Gasteiger partial charge is 0.255 e. The Morgan fingerprint density at radius 2 is 1.17 bits per heavy atom. The van der Waals surface area contributed by atoms with Crippen molar-refractivity contribution in [2.45, 2.75) is 4.30 Å². The molecule has 0 fully saturated rings. The predicted octanol–water partition coefficient (Wildman–Crippen LogP) is 2.57. The third kappa shape index (κ3) is 108. The van der Waals surface area contributed by atoms with E-state index in [2.05, 4.69) is 0 Å². The third-order valence-electron chi connectivity index (χ3n) is 0. The molecule has 0 nitrogen and oxygen atoms in total. The molecule has 0 saturated carbocycles. The topological polar surface area (TPSA) is 0 Å². The first-order chi connectivity index (χ1) is 2.73. The summed E-state index contributed by atoms with van der Waals surface area (Å²) in [5.74, 6) is 0. The second kappa shape index (κ2) is 9.25. The van der Waals surface area contributed by atoms with Crippen molar-refractivity contribution in [3.8, 4) is 0 Å².